The summed E-state index contributed by atoms with van der Waals surface area (Å²) in [5.74, 6) is -0.917. The number of carbonyl (C=O) groups excluding carboxylic acids is 1. The normalized spacial score (nSPS) is 14.3. The van der Waals surface area contributed by atoms with Crippen LogP contribution in [0.5, 0.6) is 0 Å². The van der Waals surface area contributed by atoms with Crippen LogP contribution in [0, 0.1) is 3.57 Å². The summed E-state index contributed by atoms with van der Waals surface area (Å²) in [5, 5.41) is 11.6. The van der Waals surface area contributed by atoms with E-state index in [1.807, 2.05) is 29.2 Å². The molecule has 0 unspecified atom stereocenters. The summed E-state index contributed by atoms with van der Waals surface area (Å²) in [4.78, 5) is 24.6. The van der Waals surface area contributed by atoms with Gasteiger partial charge in [-0.3, -0.25) is 14.5 Å². The molecule has 0 radical (unpaired) electrons. The Morgan fingerprint density at radius 2 is 2.05 bits per heavy atom. The quantitative estimate of drug-likeness (QED) is 0.703. The number of halogens is 1. The number of aliphatic carboxylic acids is 1. The van der Waals surface area contributed by atoms with Crippen molar-refractivity contribution >= 4 is 40.2 Å². The number of amides is 1. The molecule has 1 saturated carbocycles. The number of para-hydroxylation sites is 1. The third kappa shape index (κ3) is 4.75. The fraction of sp³-hybridized carbons (Fsp3) is 0.429. The molecular formula is C14H17IN2O3. The predicted octanol–water partition coefficient (Wildman–Crippen LogP) is 2.17. The molecule has 1 aromatic rings. The number of carboxylic acid groups (broad SMARTS) is 1. The molecule has 2 N–H and O–H groups in total. The van der Waals surface area contributed by atoms with Crippen molar-refractivity contribution < 1.29 is 14.7 Å². The lowest BCUT2D eigenvalue weighted by molar-refractivity contribution is -0.137. The van der Waals surface area contributed by atoms with Crippen molar-refractivity contribution in [2.24, 2.45) is 0 Å². The van der Waals surface area contributed by atoms with Crippen LogP contribution < -0.4 is 5.32 Å². The number of nitrogens with one attached hydrogen (secondary N) is 1. The maximum Gasteiger partial charge on any atom is 0.304 e. The summed E-state index contributed by atoms with van der Waals surface area (Å²) < 4.78 is 0.988. The van der Waals surface area contributed by atoms with Crippen LogP contribution in [-0.2, 0) is 9.59 Å². The van der Waals surface area contributed by atoms with E-state index < -0.39 is 5.97 Å². The number of benzene rings is 1. The summed E-state index contributed by atoms with van der Waals surface area (Å²) in [6.07, 6.45) is 2.18. The first-order chi connectivity index (χ1) is 9.56. The monoisotopic (exact) mass is 388 g/mol. The van der Waals surface area contributed by atoms with Gasteiger partial charge in [0.15, 0.2) is 0 Å². The van der Waals surface area contributed by atoms with E-state index in [2.05, 4.69) is 27.9 Å². The summed E-state index contributed by atoms with van der Waals surface area (Å²) in [5.41, 5.74) is 0.798. The Labute approximate surface area is 131 Å². The zero-order valence-electron chi connectivity index (χ0n) is 11.0. The Balaban J connectivity index is 1.88. The largest absolute Gasteiger partial charge is 0.481 e. The molecule has 1 aromatic carbocycles. The van der Waals surface area contributed by atoms with Crippen molar-refractivity contribution in [1.29, 1.82) is 0 Å². The van der Waals surface area contributed by atoms with Gasteiger partial charge < -0.3 is 10.4 Å². The highest BCUT2D eigenvalue weighted by atomic mass is 127. The Morgan fingerprint density at radius 1 is 1.35 bits per heavy atom. The van der Waals surface area contributed by atoms with Crippen LogP contribution in [0.3, 0.4) is 0 Å². The van der Waals surface area contributed by atoms with E-state index in [-0.39, 0.29) is 18.9 Å². The molecule has 1 amide bonds. The minimum Gasteiger partial charge on any atom is -0.481 e. The topological polar surface area (TPSA) is 69.6 Å². The second kappa shape index (κ2) is 7.03. The van der Waals surface area contributed by atoms with Crippen LogP contribution in [0.1, 0.15) is 19.3 Å². The zero-order chi connectivity index (χ0) is 14.5. The number of hydrogen-bond acceptors (Lipinski definition) is 3. The molecule has 0 aliphatic heterocycles. The van der Waals surface area contributed by atoms with Gasteiger partial charge in [-0.2, -0.15) is 0 Å². The molecule has 1 fully saturated rings. The molecule has 5 nitrogen and oxygen atoms in total. The van der Waals surface area contributed by atoms with Gasteiger partial charge in [0.05, 0.1) is 18.7 Å². The minimum atomic E-state index is -0.825. The Hall–Kier alpha value is -1.15. The van der Waals surface area contributed by atoms with Crippen LogP contribution in [-0.4, -0.2) is 41.0 Å². The van der Waals surface area contributed by atoms with Crippen LogP contribution in [0.4, 0.5) is 5.69 Å². The fourth-order valence-corrected chi connectivity index (χ4v) is 2.53. The lowest BCUT2D eigenvalue weighted by Gasteiger charge is -2.20. The van der Waals surface area contributed by atoms with Gasteiger partial charge in [0.1, 0.15) is 0 Å². The van der Waals surface area contributed by atoms with Crippen molar-refractivity contribution in [3.05, 3.63) is 27.8 Å². The number of carboxylic acids is 1. The lowest BCUT2D eigenvalue weighted by Crippen LogP contribution is -2.36. The van der Waals surface area contributed by atoms with Crippen molar-refractivity contribution in [3.63, 3.8) is 0 Å². The Kier molecular flexibility index (Phi) is 5.36. The molecule has 20 heavy (non-hydrogen) atoms. The summed E-state index contributed by atoms with van der Waals surface area (Å²) in [7, 11) is 0. The minimum absolute atomic E-state index is 0.0760. The standard InChI is InChI=1S/C14H17IN2O3/c15-11-3-1-2-4-12(11)16-13(18)9-17(10-5-6-10)8-7-14(19)20/h1-4,10H,5-9H2,(H,16,18)(H,19,20). The average Bonchev–Trinajstić information content (AvgIpc) is 3.21. The van der Waals surface area contributed by atoms with Crippen LogP contribution in [0.2, 0.25) is 0 Å². The van der Waals surface area contributed by atoms with Gasteiger partial charge in [0, 0.05) is 16.2 Å². The van der Waals surface area contributed by atoms with Gasteiger partial charge in [-0.25, -0.2) is 0 Å². The van der Waals surface area contributed by atoms with Crippen molar-refractivity contribution in [3.8, 4) is 0 Å². The first-order valence-electron chi connectivity index (χ1n) is 6.56. The van der Waals surface area contributed by atoms with Gasteiger partial charge in [-0.15, -0.1) is 0 Å². The smallest absolute Gasteiger partial charge is 0.304 e. The number of hydrogen-bond donors (Lipinski definition) is 2. The Bertz CT molecular complexity index is 503. The molecule has 0 saturated heterocycles. The molecule has 1 aliphatic carbocycles. The second-order valence-corrected chi connectivity index (χ2v) is 6.04. The van der Waals surface area contributed by atoms with E-state index in [4.69, 9.17) is 5.11 Å². The van der Waals surface area contributed by atoms with Crippen LogP contribution >= 0.6 is 22.6 Å². The number of carbonyl (C=O) groups is 2. The van der Waals surface area contributed by atoms with Gasteiger partial charge in [0.2, 0.25) is 5.91 Å². The summed E-state index contributed by atoms with van der Waals surface area (Å²) in [6, 6.07) is 7.95. The third-order valence-corrected chi connectivity index (χ3v) is 4.11. The molecule has 0 spiro atoms. The number of nitrogens with zero attached hydrogens (tertiary/aromatic N) is 1. The molecule has 108 valence electrons. The van der Waals surface area contributed by atoms with E-state index in [0.29, 0.717) is 12.6 Å². The van der Waals surface area contributed by atoms with E-state index in [9.17, 15) is 9.59 Å². The molecule has 6 heteroatoms. The van der Waals surface area contributed by atoms with Gasteiger partial charge in [-0.05, 0) is 47.6 Å². The highest BCUT2D eigenvalue weighted by Crippen LogP contribution is 2.27. The van der Waals surface area contributed by atoms with Crippen molar-refractivity contribution in [2.45, 2.75) is 25.3 Å². The molecular weight excluding hydrogens is 371 g/mol. The second-order valence-electron chi connectivity index (χ2n) is 4.87. The van der Waals surface area contributed by atoms with E-state index in [0.717, 1.165) is 22.1 Å². The van der Waals surface area contributed by atoms with Gasteiger partial charge >= 0.3 is 5.97 Å². The lowest BCUT2D eigenvalue weighted by atomic mass is 10.3. The van der Waals surface area contributed by atoms with Crippen molar-refractivity contribution in [1.82, 2.24) is 4.90 Å². The van der Waals surface area contributed by atoms with Crippen LogP contribution in [0.25, 0.3) is 0 Å². The summed E-state index contributed by atoms with van der Waals surface area (Å²) >= 11 is 2.17. The third-order valence-electron chi connectivity index (χ3n) is 3.17. The number of anilines is 1. The molecule has 0 atom stereocenters. The fourth-order valence-electron chi connectivity index (χ4n) is 2.01. The van der Waals surface area contributed by atoms with E-state index in [1.54, 1.807) is 0 Å². The van der Waals surface area contributed by atoms with Gasteiger partial charge in [-0.1, -0.05) is 12.1 Å². The molecule has 1 aliphatic rings. The molecule has 0 bridgehead atoms. The molecule has 2 rings (SSSR count). The van der Waals surface area contributed by atoms with Crippen LogP contribution in [0.15, 0.2) is 24.3 Å². The number of rotatable bonds is 7. The molecule has 0 aromatic heterocycles. The zero-order valence-corrected chi connectivity index (χ0v) is 13.2. The molecule has 0 heterocycles. The van der Waals surface area contributed by atoms with Gasteiger partial charge in [0.25, 0.3) is 0 Å². The SMILES string of the molecule is O=C(O)CCN(CC(=O)Nc1ccccc1I)C1CC1. The van der Waals surface area contributed by atoms with E-state index >= 15 is 0 Å². The first kappa shape index (κ1) is 15.2. The average molecular weight is 388 g/mol. The summed E-state index contributed by atoms with van der Waals surface area (Å²) in [6.45, 7) is 0.683. The first-order valence-corrected chi connectivity index (χ1v) is 7.64. The van der Waals surface area contributed by atoms with E-state index in [1.165, 1.54) is 0 Å². The highest BCUT2D eigenvalue weighted by Gasteiger charge is 2.30. The maximum absolute atomic E-state index is 12.0. The maximum atomic E-state index is 12.0. The Morgan fingerprint density at radius 3 is 2.65 bits per heavy atom. The highest BCUT2D eigenvalue weighted by molar-refractivity contribution is 14.1. The predicted molar refractivity (Wildman–Crippen MR) is 84.6 cm³/mol. The van der Waals surface area contributed by atoms with Crippen molar-refractivity contribution in [2.75, 3.05) is 18.4 Å².